The number of hydrogen-bond acceptors (Lipinski definition) is 4. The number of para-hydroxylation sites is 4. The lowest BCUT2D eigenvalue weighted by molar-refractivity contribution is -0.146. The molecule has 0 radical (unpaired) electrons. The number of rotatable bonds is 14. The van der Waals surface area contributed by atoms with Gasteiger partial charge in [-0.25, -0.2) is 0 Å². The minimum atomic E-state index is -1.46. The van der Waals surface area contributed by atoms with Gasteiger partial charge in [0, 0.05) is 5.56 Å². The molecule has 0 bridgehead atoms. The van der Waals surface area contributed by atoms with Crippen molar-refractivity contribution in [3.05, 3.63) is 120 Å². The van der Waals surface area contributed by atoms with E-state index in [4.69, 9.17) is 9.47 Å². The lowest BCUT2D eigenvalue weighted by Crippen LogP contribution is -2.45. The fourth-order valence-electron chi connectivity index (χ4n) is 5.02. The van der Waals surface area contributed by atoms with Gasteiger partial charge >= 0.3 is 0 Å². The van der Waals surface area contributed by atoms with Gasteiger partial charge in [-0.1, -0.05) is 112 Å². The Morgan fingerprint density at radius 1 is 0.579 bits per heavy atom. The van der Waals surface area contributed by atoms with Gasteiger partial charge in [-0.2, -0.15) is 0 Å². The van der Waals surface area contributed by atoms with Gasteiger partial charge in [-0.3, -0.25) is 0 Å². The first-order chi connectivity index (χ1) is 18.6. The highest BCUT2D eigenvalue weighted by Crippen LogP contribution is 2.49. The van der Waals surface area contributed by atoms with E-state index in [1.807, 2.05) is 91.0 Å². The molecule has 0 aliphatic carbocycles. The predicted molar refractivity (Wildman–Crippen MR) is 153 cm³/mol. The molecule has 4 aromatic carbocycles. The van der Waals surface area contributed by atoms with Gasteiger partial charge in [-0.15, -0.1) is 0 Å². The molecular weight excluding hydrogens is 472 g/mol. The summed E-state index contributed by atoms with van der Waals surface area (Å²) in [6.45, 7) is 2.22. The third-order valence-electron chi connectivity index (χ3n) is 6.92. The maximum atomic E-state index is 11.2. The van der Waals surface area contributed by atoms with Gasteiger partial charge in [0.05, 0.1) is 11.5 Å². The number of phenols is 2. The third kappa shape index (κ3) is 6.69. The Morgan fingerprint density at radius 3 is 1.66 bits per heavy atom. The molecule has 0 aromatic heterocycles. The van der Waals surface area contributed by atoms with E-state index in [1.54, 1.807) is 18.2 Å². The number of unbranched alkanes of at least 4 members (excludes halogenated alkanes) is 5. The van der Waals surface area contributed by atoms with E-state index in [0.29, 0.717) is 23.5 Å². The van der Waals surface area contributed by atoms with Crippen molar-refractivity contribution in [1.82, 2.24) is 0 Å². The van der Waals surface area contributed by atoms with E-state index in [1.165, 1.54) is 19.3 Å². The van der Waals surface area contributed by atoms with Crippen LogP contribution < -0.4 is 9.47 Å². The van der Waals surface area contributed by atoms with Gasteiger partial charge in [-0.05, 0) is 48.9 Å². The highest BCUT2D eigenvalue weighted by Gasteiger charge is 2.49. The van der Waals surface area contributed by atoms with Gasteiger partial charge < -0.3 is 19.7 Å². The van der Waals surface area contributed by atoms with Crippen LogP contribution in [0.4, 0.5) is 0 Å². The predicted octanol–water partition coefficient (Wildman–Crippen LogP) is 8.94. The lowest BCUT2D eigenvalue weighted by atomic mass is 9.80. The zero-order valence-electron chi connectivity index (χ0n) is 22.1. The van der Waals surface area contributed by atoms with E-state index in [2.05, 4.69) is 6.92 Å². The SMILES string of the molecule is CCCCCCCCC(c1ccccc1O)C(Oc1ccccc1)(Oc1ccccc1)c1ccccc1O. The molecule has 0 heterocycles. The van der Waals surface area contributed by atoms with Crippen LogP contribution in [0, 0.1) is 0 Å². The second kappa shape index (κ2) is 13.6. The van der Waals surface area contributed by atoms with E-state index in [-0.39, 0.29) is 11.5 Å². The lowest BCUT2D eigenvalue weighted by Gasteiger charge is -2.41. The Labute approximate surface area is 226 Å². The van der Waals surface area contributed by atoms with Crippen molar-refractivity contribution in [3.8, 4) is 23.0 Å². The van der Waals surface area contributed by atoms with Gasteiger partial charge in [0.1, 0.15) is 23.0 Å². The summed E-state index contributed by atoms with van der Waals surface area (Å²) in [5.74, 6) is -0.427. The van der Waals surface area contributed by atoms with Crippen LogP contribution in [0.25, 0.3) is 0 Å². The summed E-state index contributed by atoms with van der Waals surface area (Å²) in [6.07, 6.45) is 7.49. The first-order valence-electron chi connectivity index (χ1n) is 13.7. The fraction of sp³-hybridized carbons (Fsp3) is 0.294. The summed E-state index contributed by atoms with van der Waals surface area (Å²) < 4.78 is 13.7. The first-order valence-corrected chi connectivity index (χ1v) is 13.7. The molecule has 1 unspecified atom stereocenters. The second-order valence-electron chi connectivity index (χ2n) is 9.68. The maximum Gasteiger partial charge on any atom is 0.288 e. The van der Waals surface area contributed by atoms with E-state index >= 15 is 0 Å². The van der Waals surface area contributed by atoms with Crippen LogP contribution in [0.15, 0.2) is 109 Å². The Morgan fingerprint density at radius 2 is 1.08 bits per heavy atom. The number of aromatic hydroxyl groups is 2. The van der Waals surface area contributed by atoms with E-state index in [0.717, 1.165) is 24.8 Å². The molecular formula is C34H38O4. The summed E-state index contributed by atoms with van der Waals surface area (Å²) in [5, 5.41) is 22.3. The second-order valence-corrected chi connectivity index (χ2v) is 9.68. The van der Waals surface area contributed by atoms with Crippen LogP contribution in [0.5, 0.6) is 23.0 Å². The number of benzene rings is 4. The molecule has 1 atom stereocenters. The van der Waals surface area contributed by atoms with Crippen LogP contribution in [-0.2, 0) is 5.79 Å². The average Bonchev–Trinajstić information content (AvgIpc) is 2.94. The van der Waals surface area contributed by atoms with Crippen molar-refractivity contribution in [2.75, 3.05) is 0 Å². The molecule has 0 saturated carbocycles. The molecule has 4 rings (SSSR count). The summed E-state index contributed by atoms with van der Waals surface area (Å²) in [7, 11) is 0. The number of hydrogen-bond donors (Lipinski definition) is 2. The summed E-state index contributed by atoms with van der Waals surface area (Å²) in [6, 6.07) is 33.6. The Hall–Kier alpha value is -3.92. The summed E-state index contributed by atoms with van der Waals surface area (Å²) >= 11 is 0. The topological polar surface area (TPSA) is 58.9 Å². The Balaban J connectivity index is 1.87. The van der Waals surface area contributed by atoms with E-state index in [9.17, 15) is 10.2 Å². The monoisotopic (exact) mass is 510 g/mol. The van der Waals surface area contributed by atoms with Gasteiger partial charge in [0.25, 0.3) is 5.79 Å². The molecule has 0 fully saturated rings. The fourth-order valence-corrected chi connectivity index (χ4v) is 5.02. The molecule has 0 amide bonds. The minimum Gasteiger partial charge on any atom is -0.508 e. The summed E-state index contributed by atoms with van der Waals surface area (Å²) in [4.78, 5) is 0. The molecule has 4 aromatic rings. The average molecular weight is 511 g/mol. The molecule has 2 N–H and O–H groups in total. The molecule has 38 heavy (non-hydrogen) atoms. The standard InChI is InChI=1S/C34H38O4/c1-2-3-4-5-6-13-23-30(29-22-14-16-25-32(29)35)34(31-24-15-17-26-33(31)36,37-27-18-9-7-10-19-27)38-28-20-11-8-12-21-28/h7-12,14-22,24-26,30,35-36H,2-6,13,23H2,1H3. The number of phenolic OH excluding ortho intramolecular Hbond substituents is 2. The zero-order valence-corrected chi connectivity index (χ0v) is 22.1. The largest absolute Gasteiger partial charge is 0.508 e. The molecule has 0 spiro atoms. The molecule has 4 heteroatoms. The minimum absolute atomic E-state index is 0.0720. The van der Waals surface area contributed by atoms with Crippen LogP contribution in [0.2, 0.25) is 0 Å². The smallest absolute Gasteiger partial charge is 0.288 e. The van der Waals surface area contributed by atoms with Crippen LogP contribution in [-0.4, -0.2) is 10.2 Å². The van der Waals surface area contributed by atoms with Crippen molar-refractivity contribution >= 4 is 0 Å². The molecule has 0 saturated heterocycles. The highest BCUT2D eigenvalue weighted by atomic mass is 16.7. The van der Waals surface area contributed by atoms with Gasteiger partial charge in [0.15, 0.2) is 0 Å². The van der Waals surface area contributed by atoms with E-state index < -0.39 is 11.7 Å². The highest BCUT2D eigenvalue weighted by molar-refractivity contribution is 5.45. The maximum absolute atomic E-state index is 11.2. The molecule has 0 aliphatic heterocycles. The molecule has 198 valence electrons. The van der Waals surface area contributed by atoms with Crippen molar-refractivity contribution in [2.45, 2.75) is 63.6 Å². The van der Waals surface area contributed by atoms with Crippen LogP contribution in [0.1, 0.15) is 68.9 Å². The van der Waals surface area contributed by atoms with Gasteiger partial charge in [0.2, 0.25) is 0 Å². The Kier molecular flexibility index (Phi) is 9.69. The third-order valence-corrected chi connectivity index (χ3v) is 6.92. The first kappa shape index (κ1) is 27.1. The summed E-state index contributed by atoms with van der Waals surface area (Å²) in [5.41, 5.74) is 1.23. The quantitative estimate of drug-likeness (QED) is 0.131. The Bertz CT molecular complexity index is 1200. The van der Waals surface area contributed by atoms with Crippen molar-refractivity contribution < 1.29 is 19.7 Å². The van der Waals surface area contributed by atoms with Crippen LogP contribution >= 0.6 is 0 Å². The molecule has 0 aliphatic rings. The zero-order chi connectivity index (χ0) is 26.6. The van der Waals surface area contributed by atoms with Crippen molar-refractivity contribution in [2.24, 2.45) is 0 Å². The van der Waals surface area contributed by atoms with Crippen molar-refractivity contribution in [1.29, 1.82) is 0 Å². The normalized spacial score (nSPS) is 12.1. The number of ether oxygens (including phenoxy) is 2. The van der Waals surface area contributed by atoms with Crippen molar-refractivity contribution in [3.63, 3.8) is 0 Å². The molecule has 4 nitrogen and oxygen atoms in total. The van der Waals surface area contributed by atoms with Crippen LogP contribution in [0.3, 0.4) is 0 Å².